The summed E-state index contributed by atoms with van der Waals surface area (Å²) in [4.78, 5) is 40.1. The second-order valence-electron chi connectivity index (χ2n) is 8.02. The molecule has 1 heterocycles. The van der Waals surface area contributed by atoms with Gasteiger partial charge in [0.05, 0.1) is 6.54 Å². The first-order valence-electron chi connectivity index (χ1n) is 7.85. The van der Waals surface area contributed by atoms with Crippen molar-refractivity contribution in [1.29, 1.82) is 0 Å². The molecular formula is C17H28N2O5. The van der Waals surface area contributed by atoms with Crippen molar-refractivity contribution in [2.75, 3.05) is 20.6 Å². The van der Waals surface area contributed by atoms with Crippen molar-refractivity contribution < 1.29 is 23.9 Å². The molecule has 0 radical (unpaired) electrons. The van der Waals surface area contributed by atoms with Gasteiger partial charge in [-0.2, -0.15) is 0 Å². The third-order valence-electron chi connectivity index (χ3n) is 2.90. The highest BCUT2D eigenvalue weighted by Gasteiger charge is 2.46. The van der Waals surface area contributed by atoms with Gasteiger partial charge in [0.15, 0.2) is 11.8 Å². The second kappa shape index (κ2) is 6.83. The minimum Gasteiger partial charge on any atom is -0.458 e. The van der Waals surface area contributed by atoms with Gasteiger partial charge in [0, 0.05) is 25.9 Å². The van der Waals surface area contributed by atoms with Crippen molar-refractivity contribution in [3.05, 3.63) is 11.8 Å². The highest BCUT2D eigenvalue weighted by atomic mass is 16.6. The first-order chi connectivity index (χ1) is 10.7. The lowest BCUT2D eigenvalue weighted by atomic mass is 10.1. The molecule has 24 heavy (non-hydrogen) atoms. The lowest BCUT2D eigenvalue weighted by Crippen LogP contribution is -2.46. The average Bonchev–Trinajstić information content (AvgIpc) is 2.62. The number of ketones is 1. The lowest BCUT2D eigenvalue weighted by Gasteiger charge is -2.29. The molecule has 136 valence electrons. The topological polar surface area (TPSA) is 76.2 Å². The molecule has 7 heteroatoms. The number of Topliss-reactive ketones (excluding diaryl/α,β-unsaturated/α-hetero) is 1. The predicted molar refractivity (Wildman–Crippen MR) is 89.4 cm³/mol. The van der Waals surface area contributed by atoms with E-state index < -0.39 is 29.3 Å². The lowest BCUT2D eigenvalue weighted by molar-refractivity contribution is -0.158. The fourth-order valence-corrected chi connectivity index (χ4v) is 2.18. The molecule has 0 unspecified atom stereocenters. The highest BCUT2D eigenvalue weighted by Crippen LogP contribution is 2.26. The number of rotatable bonds is 2. The maximum Gasteiger partial charge on any atom is 0.411 e. The van der Waals surface area contributed by atoms with Crippen LogP contribution in [0.5, 0.6) is 0 Å². The molecule has 1 fully saturated rings. The number of likely N-dealkylation sites (tertiary alicyclic amines) is 1. The standard InChI is InChI=1S/C17H28N2O5/c1-16(2,3)23-14(21)13-11(9-18(7)8)12(20)10-19(13)15(22)24-17(4,5)6/h9,13H,10H2,1-8H3/b11-9+/t13-/m0/s1. The van der Waals surface area contributed by atoms with Gasteiger partial charge in [0.25, 0.3) is 0 Å². The quantitative estimate of drug-likeness (QED) is 0.565. The van der Waals surface area contributed by atoms with Gasteiger partial charge >= 0.3 is 12.1 Å². The van der Waals surface area contributed by atoms with Crippen LogP contribution >= 0.6 is 0 Å². The van der Waals surface area contributed by atoms with E-state index in [2.05, 4.69) is 0 Å². The normalized spacial score (nSPS) is 20.3. The number of carbonyl (C=O) groups excluding carboxylic acids is 3. The van der Waals surface area contributed by atoms with Crippen molar-refractivity contribution in [3.8, 4) is 0 Å². The first-order valence-corrected chi connectivity index (χ1v) is 7.85. The molecule has 1 saturated heterocycles. The van der Waals surface area contributed by atoms with Crippen LogP contribution in [0.25, 0.3) is 0 Å². The number of esters is 1. The molecule has 7 nitrogen and oxygen atoms in total. The van der Waals surface area contributed by atoms with Crippen LogP contribution in [0.3, 0.4) is 0 Å². The van der Waals surface area contributed by atoms with Crippen LogP contribution in [-0.2, 0) is 19.1 Å². The van der Waals surface area contributed by atoms with Gasteiger partial charge in [-0.1, -0.05) is 0 Å². The van der Waals surface area contributed by atoms with E-state index in [0.717, 1.165) is 4.90 Å². The molecule has 1 amide bonds. The van der Waals surface area contributed by atoms with Crippen molar-refractivity contribution in [3.63, 3.8) is 0 Å². The van der Waals surface area contributed by atoms with Crippen LogP contribution in [0.1, 0.15) is 41.5 Å². The molecule has 0 spiro atoms. The molecule has 0 bridgehead atoms. The van der Waals surface area contributed by atoms with Crippen LogP contribution in [-0.4, -0.2) is 65.5 Å². The van der Waals surface area contributed by atoms with Crippen molar-refractivity contribution in [2.45, 2.75) is 58.8 Å². The number of carbonyl (C=O) groups is 3. The summed E-state index contributed by atoms with van der Waals surface area (Å²) in [5.74, 6) is -0.947. The van der Waals surface area contributed by atoms with Crippen LogP contribution in [0.2, 0.25) is 0 Å². The van der Waals surface area contributed by atoms with Crippen LogP contribution in [0.15, 0.2) is 11.8 Å². The zero-order chi connectivity index (χ0) is 18.9. The summed E-state index contributed by atoms with van der Waals surface area (Å²) in [7, 11) is 3.48. The number of hydrogen-bond acceptors (Lipinski definition) is 6. The van der Waals surface area contributed by atoms with E-state index >= 15 is 0 Å². The third kappa shape index (κ3) is 5.54. The van der Waals surface area contributed by atoms with E-state index in [4.69, 9.17) is 9.47 Å². The summed E-state index contributed by atoms with van der Waals surface area (Å²) in [6.07, 6.45) is 0.829. The molecule has 1 aliphatic heterocycles. The Balaban J connectivity index is 3.20. The van der Waals surface area contributed by atoms with E-state index in [-0.39, 0.29) is 17.9 Å². The Hall–Kier alpha value is -2.05. The van der Waals surface area contributed by atoms with E-state index in [1.165, 1.54) is 0 Å². The van der Waals surface area contributed by atoms with Crippen LogP contribution in [0.4, 0.5) is 4.79 Å². The monoisotopic (exact) mass is 340 g/mol. The van der Waals surface area contributed by atoms with Crippen molar-refractivity contribution >= 4 is 17.8 Å². The van der Waals surface area contributed by atoms with Gasteiger partial charge in [0.2, 0.25) is 0 Å². The Morgan fingerprint density at radius 3 is 2.00 bits per heavy atom. The molecule has 0 aliphatic carbocycles. The summed E-state index contributed by atoms with van der Waals surface area (Å²) in [5.41, 5.74) is -1.24. The number of hydrogen-bond donors (Lipinski definition) is 0. The molecule has 0 saturated carbocycles. The Kier molecular flexibility index (Phi) is 5.69. The van der Waals surface area contributed by atoms with Gasteiger partial charge in [-0.05, 0) is 41.5 Å². The summed E-state index contributed by atoms with van der Waals surface area (Å²) in [5, 5.41) is 0. The first kappa shape index (κ1) is 20.0. The summed E-state index contributed by atoms with van der Waals surface area (Å²) in [6, 6.07) is -1.10. The maximum absolute atomic E-state index is 12.6. The molecule has 0 N–H and O–H groups in total. The zero-order valence-electron chi connectivity index (χ0n) is 15.8. The van der Waals surface area contributed by atoms with Crippen molar-refractivity contribution in [1.82, 2.24) is 9.80 Å². The fraction of sp³-hybridized carbons (Fsp3) is 0.706. The fourth-order valence-electron chi connectivity index (χ4n) is 2.18. The summed E-state index contributed by atoms with van der Waals surface area (Å²) in [6.45, 7) is 10.2. The molecular weight excluding hydrogens is 312 g/mol. The second-order valence-corrected chi connectivity index (χ2v) is 8.02. The Morgan fingerprint density at radius 1 is 1.08 bits per heavy atom. The number of nitrogens with zero attached hydrogens (tertiary/aromatic N) is 2. The molecule has 1 aliphatic rings. The van der Waals surface area contributed by atoms with E-state index in [1.807, 2.05) is 0 Å². The molecule has 1 rings (SSSR count). The van der Waals surface area contributed by atoms with Gasteiger partial charge in [-0.3, -0.25) is 9.69 Å². The van der Waals surface area contributed by atoms with E-state index in [0.29, 0.717) is 0 Å². The summed E-state index contributed by atoms with van der Waals surface area (Å²) >= 11 is 0. The summed E-state index contributed by atoms with van der Waals surface area (Å²) < 4.78 is 10.7. The van der Waals surface area contributed by atoms with Gasteiger partial charge in [-0.15, -0.1) is 0 Å². The molecule has 0 aromatic heterocycles. The van der Waals surface area contributed by atoms with Gasteiger partial charge in [0.1, 0.15) is 11.2 Å². The van der Waals surface area contributed by atoms with Crippen LogP contribution in [0, 0.1) is 0 Å². The van der Waals surface area contributed by atoms with E-state index in [1.54, 1.807) is 66.7 Å². The van der Waals surface area contributed by atoms with Crippen molar-refractivity contribution in [2.24, 2.45) is 0 Å². The highest BCUT2D eigenvalue weighted by molar-refractivity contribution is 6.09. The third-order valence-corrected chi connectivity index (χ3v) is 2.90. The zero-order valence-corrected chi connectivity index (χ0v) is 15.8. The SMILES string of the molecule is CN(C)/C=C1\C(=O)CN(C(=O)OC(C)(C)C)[C@@H]1C(=O)OC(C)(C)C. The predicted octanol–water partition coefficient (Wildman–Crippen LogP) is 1.96. The van der Waals surface area contributed by atoms with Gasteiger partial charge in [-0.25, -0.2) is 9.59 Å². The Bertz CT molecular complexity index is 552. The Morgan fingerprint density at radius 2 is 1.58 bits per heavy atom. The molecule has 0 aromatic rings. The minimum absolute atomic E-state index is 0.210. The minimum atomic E-state index is -1.10. The van der Waals surface area contributed by atoms with Crippen LogP contribution < -0.4 is 0 Å². The smallest absolute Gasteiger partial charge is 0.411 e. The number of amides is 1. The van der Waals surface area contributed by atoms with E-state index in [9.17, 15) is 14.4 Å². The van der Waals surface area contributed by atoms with Gasteiger partial charge < -0.3 is 14.4 Å². The molecule has 0 aromatic carbocycles. The molecule has 1 atom stereocenters. The largest absolute Gasteiger partial charge is 0.458 e. The Labute approximate surface area is 143 Å². The maximum atomic E-state index is 12.6. The average molecular weight is 340 g/mol. The number of ether oxygens (including phenoxy) is 2.